The zero-order chi connectivity index (χ0) is 20.1. The topological polar surface area (TPSA) is 95.7 Å². The van der Waals surface area contributed by atoms with Gasteiger partial charge in [0.05, 0.1) is 26.3 Å². The molecule has 8 heteroatoms. The van der Waals surface area contributed by atoms with Gasteiger partial charge in [0.15, 0.2) is 0 Å². The Bertz CT molecular complexity index is 837. The molecule has 1 aliphatic heterocycles. The quantitative estimate of drug-likeness (QED) is 0.494. The molecule has 1 saturated heterocycles. The summed E-state index contributed by atoms with van der Waals surface area (Å²) >= 11 is 0. The first-order valence-corrected chi connectivity index (χ1v) is 9.12. The largest absolute Gasteiger partial charge is 0.497 e. The fraction of sp³-hybridized carbons (Fsp3) is 0.350. The summed E-state index contributed by atoms with van der Waals surface area (Å²) in [5.41, 5.74) is 15.6. The lowest BCUT2D eigenvalue weighted by Gasteiger charge is -2.23. The maximum Gasteiger partial charge on any atom is 0.230 e. The van der Waals surface area contributed by atoms with Crippen LogP contribution in [0.3, 0.4) is 0 Å². The second-order valence-electron chi connectivity index (χ2n) is 6.79. The van der Waals surface area contributed by atoms with Crippen molar-refractivity contribution in [1.29, 1.82) is 0 Å². The first-order chi connectivity index (χ1) is 13.5. The van der Waals surface area contributed by atoms with Gasteiger partial charge in [-0.25, -0.2) is 10.9 Å². The number of benzene rings is 2. The second kappa shape index (κ2) is 9.03. The van der Waals surface area contributed by atoms with Gasteiger partial charge in [0.25, 0.3) is 0 Å². The normalized spacial score (nSPS) is 15.3. The highest BCUT2D eigenvalue weighted by atomic mass is 16.5. The molecule has 2 aromatic carbocycles. The minimum Gasteiger partial charge on any atom is -0.497 e. The summed E-state index contributed by atoms with van der Waals surface area (Å²) in [5, 5.41) is 3.03. The van der Waals surface area contributed by atoms with Gasteiger partial charge in [-0.1, -0.05) is 6.07 Å². The van der Waals surface area contributed by atoms with Crippen molar-refractivity contribution in [2.75, 3.05) is 19.5 Å². The van der Waals surface area contributed by atoms with Gasteiger partial charge in [-0.05, 0) is 67.3 Å². The highest BCUT2D eigenvalue weighted by Crippen LogP contribution is 2.28. The van der Waals surface area contributed by atoms with Gasteiger partial charge in [0.1, 0.15) is 11.5 Å². The van der Waals surface area contributed by atoms with Crippen molar-refractivity contribution in [1.82, 2.24) is 21.9 Å². The Hall–Kier alpha value is -2.65. The fourth-order valence-corrected chi connectivity index (χ4v) is 3.16. The van der Waals surface area contributed by atoms with Crippen LogP contribution in [0, 0.1) is 19.8 Å². The van der Waals surface area contributed by atoms with Crippen LogP contribution in [0.5, 0.6) is 11.5 Å². The Morgan fingerprint density at radius 1 is 1.04 bits per heavy atom. The van der Waals surface area contributed by atoms with Gasteiger partial charge in [0, 0.05) is 5.69 Å². The average molecular weight is 385 g/mol. The molecule has 28 heavy (non-hydrogen) atoms. The maximum atomic E-state index is 13.1. The molecule has 1 atom stereocenters. The van der Waals surface area contributed by atoms with E-state index in [1.807, 2.05) is 50.2 Å². The molecule has 1 amide bonds. The lowest BCUT2D eigenvalue weighted by molar-refractivity contribution is -0.120. The summed E-state index contributed by atoms with van der Waals surface area (Å²) in [7, 11) is 3.23. The summed E-state index contributed by atoms with van der Waals surface area (Å²) in [4.78, 5) is 13.1. The van der Waals surface area contributed by atoms with Gasteiger partial charge in [-0.2, -0.15) is 11.1 Å². The molecule has 150 valence electrons. The van der Waals surface area contributed by atoms with Crippen molar-refractivity contribution in [3.63, 3.8) is 0 Å². The molecule has 0 saturated carbocycles. The molecule has 0 aromatic heterocycles. The lowest BCUT2D eigenvalue weighted by atomic mass is 9.94. The van der Waals surface area contributed by atoms with Gasteiger partial charge in [-0.3, -0.25) is 4.79 Å². The lowest BCUT2D eigenvalue weighted by Crippen LogP contribution is -2.47. The van der Waals surface area contributed by atoms with E-state index in [1.165, 1.54) is 5.56 Å². The standard InChI is InChI=1S/C20H27N5O3/c1-12-5-6-15(9-13(12)2)21-20(26)17(19-22-24-25-23-19)11-14-10-16(27-3)7-8-18(14)28-4/h5-10,17,19,22-25H,11H2,1-4H3,(H,21,26). The number of methoxy groups -OCH3 is 2. The third kappa shape index (κ3) is 4.60. The van der Waals surface area contributed by atoms with E-state index in [0.717, 1.165) is 16.8 Å². The first-order valence-electron chi connectivity index (χ1n) is 9.12. The van der Waals surface area contributed by atoms with E-state index < -0.39 is 5.92 Å². The molecule has 0 bridgehead atoms. The highest BCUT2D eigenvalue weighted by molar-refractivity contribution is 5.93. The molecular weight excluding hydrogens is 358 g/mol. The van der Waals surface area contributed by atoms with Crippen LogP contribution in [0.15, 0.2) is 36.4 Å². The first kappa shape index (κ1) is 20.1. The number of carbonyl (C=O) groups is 1. The summed E-state index contributed by atoms with van der Waals surface area (Å²) in [6.07, 6.45) is 0.132. The van der Waals surface area contributed by atoms with Crippen molar-refractivity contribution in [2.45, 2.75) is 26.4 Å². The Kier molecular flexibility index (Phi) is 6.48. The van der Waals surface area contributed by atoms with E-state index in [2.05, 4.69) is 27.2 Å². The summed E-state index contributed by atoms with van der Waals surface area (Å²) in [5.74, 6) is 0.894. The van der Waals surface area contributed by atoms with E-state index in [-0.39, 0.29) is 12.1 Å². The third-order valence-electron chi connectivity index (χ3n) is 4.96. The van der Waals surface area contributed by atoms with Gasteiger partial charge >= 0.3 is 0 Å². The minimum atomic E-state index is -0.426. The van der Waals surface area contributed by atoms with Crippen molar-refractivity contribution in [2.24, 2.45) is 5.92 Å². The Morgan fingerprint density at radius 3 is 2.43 bits per heavy atom. The molecule has 8 nitrogen and oxygen atoms in total. The summed E-state index contributed by atoms with van der Waals surface area (Å²) in [6.45, 7) is 4.07. The van der Waals surface area contributed by atoms with Crippen LogP contribution in [-0.4, -0.2) is 26.3 Å². The summed E-state index contributed by atoms with van der Waals surface area (Å²) < 4.78 is 10.8. The molecule has 5 N–H and O–H groups in total. The molecule has 0 aliphatic carbocycles. The van der Waals surface area contributed by atoms with E-state index in [9.17, 15) is 4.79 Å². The van der Waals surface area contributed by atoms with Gasteiger partial charge in [-0.15, -0.1) is 0 Å². The molecule has 1 fully saturated rings. The molecule has 0 radical (unpaired) electrons. The number of aryl methyl sites for hydroxylation is 2. The number of hydrogen-bond donors (Lipinski definition) is 5. The Morgan fingerprint density at radius 2 is 1.79 bits per heavy atom. The smallest absolute Gasteiger partial charge is 0.230 e. The zero-order valence-corrected chi connectivity index (χ0v) is 16.6. The average Bonchev–Trinajstić information content (AvgIpc) is 3.23. The fourth-order valence-electron chi connectivity index (χ4n) is 3.16. The van der Waals surface area contributed by atoms with Crippen LogP contribution in [0.25, 0.3) is 0 Å². The zero-order valence-electron chi connectivity index (χ0n) is 16.6. The van der Waals surface area contributed by atoms with Crippen molar-refractivity contribution < 1.29 is 14.3 Å². The van der Waals surface area contributed by atoms with E-state index in [0.29, 0.717) is 17.9 Å². The van der Waals surface area contributed by atoms with Crippen LogP contribution in [0.4, 0.5) is 5.69 Å². The SMILES string of the molecule is COc1ccc(OC)c(CC(C(=O)Nc2ccc(C)c(C)c2)C2NNNN2)c1. The molecule has 3 rings (SSSR count). The van der Waals surface area contributed by atoms with Gasteiger partial charge < -0.3 is 14.8 Å². The van der Waals surface area contributed by atoms with Crippen LogP contribution >= 0.6 is 0 Å². The number of amides is 1. The Balaban J connectivity index is 1.84. The molecule has 1 heterocycles. The predicted octanol–water partition coefficient (Wildman–Crippen LogP) is 1.56. The number of hydrazine groups is 3. The molecule has 1 unspecified atom stereocenters. The van der Waals surface area contributed by atoms with Crippen molar-refractivity contribution in [3.05, 3.63) is 53.1 Å². The van der Waals surface area contributed by atoms with E-state index >= 15 is 0 Å². The van der Waals surface area contributed by atoms with Crippen LogP contribution in [0.1, 0.15) is 16.7 Å². The van der Waals surface area contributed by atoms with Crippen LogP contribution in [-0.2, 0) is 11.2 Å². The number of rotatable bonds is 7. The number of nitrogens with one attached hydrogen (secondary N) is 5. The Labute approximate surface area is 164 Å². The predicted molar refractivity (Wildman–Crippen MR) is 108 cm³/mol. The summed E-state index contributed by atoms with van der Waals surface area (Å²) in [6, 6.07) is 11.5. The minimum absolute atomic E-state index is 0.108. The number of ether oxygens (including phenoxy) is 2. The van der Waals surface area contributed by atoms with E-state index in [4.69, 9.17) is 9.47 Å². The molecule has 1 aliphatic rings. The maximum absolute atomic E-state index is 13.1. The third-order valence-corrected chi connectivity index (χ3v) is 4.96. The van der Waals surface area contributed by atoms with Crippen molar-refractivity contribution in [3.8, 4) is 11.5 Å². The number of carbonyl (C=O) groups excluding carboxylic acids is 1. The van der Waals surface area contributed by atoms with Crippen LogP contribution < -0.4 is 36.7 Å². The number of hydrogen-bond acceptors (Lipinski definition) is 7. The molecular formula is C20H27N5O3. The monoisotopic (exact) mass is 385 g/mol. The number of anilines is 1. The van der Waals surface area contributed by atoms with E-state index in [1.54, 1.807) is 14.2 Å². The van der Waals surface area contributed by atoms with Crippen LogP contribution in [0.2, 0.25) is 0 Å². The van der Waals surface area contributed by atoms with Gasteiger partial charge in [0.2, 0.25) is 5.91 Å². The molecule has 2 aromatic rings. The van der Waals surface area contributed by atoms with Crippen molar-refractivity contribution >= 4 is 11.6 Å². The highest BCUT2D eigenvalue weighted by Gasteiger charge is 2.32. The molecule has 0 spiro atoms. The second-order valence-corrected chi connectivity index (χ2v) is 6.79.